The smallest absolute Gasteiger partial charge is 0.207 e. The van der Waals surface area contributed by atoms with Crippen LogP contribution in [0.5, 0.6) is 0 Å². The summed E-state index contributed by atoms with van der Waals surface area (Å²) in [7, 11) is 0. The van der Waals surface area contributed by atoms with Gasteiger partial charge in [0.15, 0.2) is 5.82 Å². The topological polar surface area (TPSA) is 74.3 Å². The summed E-state index contributed by atoms with van der Waals surface area (Å²) in [6.07, 6.45) is 3.74. The van der Waals surface area contributed by atoms with E-state index in [2.05, 4.69) is 4.98 Å². The highest BCUT2D eigenvalue weighted by Gasteiger charge is 2.08. The first-order chi connectivity index (χ1) is 6.65. The van der Waals surface area contributed by atoms with Crippen LogP contribution in [0.15, 0.2) is 12.4 Å². The number of anilines is 2. The number of fused-ring (bicyclic) bond motifs is 1. The summed E-state index contributed by atoms with van der Waals surface area (Å²) in [5.41, 5.74) is 12.8. The van der Waals surface area contributed by atoms with Crippen LogP contribution < -0.4 is 11.5 Å². The molecule has 4 N–H and O–H groups in total. The Morgan fingerprint density at radius 3 is 2.79 bits per heavy atom. The molecule has 0 amide bonds. The van der Waals surface area contributed by atoms with Crippen LogP contribution in [0.1, 0.15) is 6.92 Å². The molecule has 0 saturated carbocycles. The van der Waals surface area contributed by atoms with Crippen molar-refractivity contribution in [2.45, 2.75) is 13.5 Å². The van der Waals surface area contributed by atoms with Crippen LogP contribution in [-0.4, -0.2) is 14.0 Å². The van der Waals surface area contributed by atoms with E-state index in [4.69, 9.17) is 23.7 Å². The monoisotopic (exact) mass is 209 g/mol. The number of aryl methyl sites for hydroxylation is 1. The van der Waals surface area contributed by atoms with Crippen molar-refractivity contribution in [2.75, 3.05) is 11.5 Å². The zero-order chi connectivity index (χ0) is 10.3. The molecule has 2 aromatic heterocycles. The SMILES string of the molecule is CCn1ccn2c(=S)nc(N)c(N)c12. The first kappa shape index (κ1) is 9.01. The van der Waals surface area contributed by atoms with Crippen molar-refractivity contribution in [1.29, 1.82) is 0 Å². The van der Waals surface area contributed by atoms with Crippen molar-refractivity contribution >= 4 is 29.4 Å². The van der Waals surface area contributed by atoms with Crippen LogP contribution in [0, 0.1) is 4.77 Å². The molecule has 0 fully saturated rings. The number of nitrogens with zero attached hydrogens (tertiary/aromatic N) is 3. The molecule has 0 aliphatic rings. The third-order valence-corrected chi connectivity index (χ3v) is 2.46. The molecule has 2 rings (SSSR count). The summed E-state index contributed by atoms with van der Waals surface area (Å²) in [5, 5.41) is 0. The maximum atomic E-state index is 5.83. The lowest BCUT2D eigenvalue weighted by atomic mass is 10.4. The van der Waals surface area contributed by atoms with Crippen molar-refractivity contribution in [3.8, 4) is 0 Å². The van der Waals surface area contributed by atoms with E-state index in [0.717, 1.165) is 12.2 Å². The van der Waals surface area contributed by atoms with Crippen molar-refractivity contribution in [2.24, 2.45) is 0 Å². The zero-order valence-corrected chi connectivity index (χ0v) is 8.58. The Morgan fingerprint density at radius 2 is 2.14 bits per heavy atom. The van der Waals surface area contributed by atoms with Crippen molar-refractivity contribution in [3.05, 3.63) is 17.2 Å². The molecule has 0 aliphatic carbocycles. The summed E-state index contributed by atoms with van der Waals surface area (Å²) in [6.45, 7) is 2.85. The Hall–Kier alpha value is -1.56. The Kier molecular flexibility index (Phi) is 1.92. The molecule has 0 bridgehead atoms. The molecule has 2 aromatic rings. The van der Waals surface area contributed by atoms with E-state index < -0.39 is 0 Å². The minimum absolute atomic E-state index is 0.295. The van der Waals surface area contributed by atoms with Crippen molar-refractivity contribution in [3.63, 3.8) is 0 Å². The molecule has 2 heterocycles. The van der Waals surface area contributed by atoms with E-state index in [1.165, 1.54) is 0 Å². The van der Waals surface area contributed by atoms with E-state index in [-0.39, 0.29) is 0 Å². The highest BCUT2D eigenvalue weighted by molar-refractivity contribution is 7.71. The van der Waals surface area contributed by atoms with Gasteiger partial charge < -0.3 is 16.0 Å². The van der Waals surface area contributed by atoms with E-state index >= 15 is 0 Å². The van der Waals surface area contributed by atoms with Crippen molar-refractivity contribution in [1.82, 2.24) is 14.0 Å². The molecule has 14 heavy (non-hydrogen) atoms. The van der Waals surface area contributed by atoms with Crippen LogP contribution in [0.2, 0.25) is 0 Å². The highest BCUT2D eigenvalue weighted by Crippen LogP contribution is 2.19. The van der Waals surface area contributed by atoms with Gasteiger partial charge in [0.05, 0.1) is 0 Å². The Balaban J connectivity index is 2.99. The lowest BCUT2D eigenvalue weighted by Crippen LogP contribution is -2.06. The fraction of sp³-hybridized carbons (Fsp3) is 0.250. The first-order valence-corrected chi connectivity index (χ1v) is 4.68. The normalized spacial score (nSPS) is 10.9. The average Bonchev–Trinajstić information content (AvgIpc) is 2.58. The quantitative estimate of drug-likeness (QED) is 0.688. The van der Waals surface area contributed by atoms with Gasteiger partial charge in [0, 0.05) is 18.9 Å². The zero-order valence-electron chi connectivity index (χ0n) is 7.77. The largest absolute Gasteiger partial charge is 0.393 e. The van der Waals surface area contributed by atoms with Gasteiger partial charge in [-0.3, -0.25) is 4.40 Å². The van der Waals surface area contributed by atoms with Gasteiger partial charge in [-0.1, -0.05) is 0 Å². The van der Waals surface area contributed by atoms with Crippen molar-refractivity contribution < 1.29 is 0 Å². The Bertz CT molecular complexity index is 538. The molecule has 0 aromatic carbocycles. The minimum Gasteiger partial charge on any atom is -0.393 e. The van der Waals surface area contributed by atoms with Gasteiger partial charge in [-0.25, -0.2) is 4.98 Å². The van der Waals surface area contributed by atoms with Gasteiger partial charge in [-0.15, -0.1) is 0 Å². The van der Waals surface area contributed by atoms with E-state index in [9.17, 15) is 0 Å². The fourth-order valence-electron chi connectivity index (χ4n) is 1.45. The fourth-order valence-corrected chi connectivity index (χ4v) is 1.70. The Morgan fingerprint density at radius 1 is 1.43 bits per heavy atom. The second kappa shape index (κ2) is 2.98. The third kappa shape index (κ3) is 1.07. The van der Waals surface area contributed by atoms with E-state index in [1.807, 2.05) is 23.9 Å². The van der Waals surface area contributed by atoms with Gasteiger partial charge in [0.25, 0.3) is 0 Å². The lowest BCUT2D eigenvalue weighted by molar-refractivity contribution is 0.789. The van der Waals surface area contributed by atoms with Crippen LogP contribution in [0.25, 0.3) is 5.65 Å². The molecule has 5 nitrogen and oxygen atoms in total. The summed E-state index contributed by atoms with van der Waals surface area (Å²) in [6, 6.07) is 0. The maximum Gasteiger partial charge on any atom is 0.207 e. The number of hydrogen-bond acceptors (Lipinski definition) is 4. The molecule has 0 aliphatic heterocycles. The molecule has 0 radical (unpaired) electrons. The number of imidazole rings is 1. The summed E-state index contributed by atoms with van der Waals surface area (Å²) < 4.78 is 4.16. The van der Waals surface area contributed by atoms with Crippen LogP contribution >= 0.6 is 12.2 Å². The summed E-state index contributed by atoms with van der Waals surface area (Å²) in [4.78, 5) is 3.97. The van der Waals surface area contributed by atoms with E-state index in [0.29, 0.717) is 16.3 Å². The van der Waals surface area contributed by atoms with Crippen LogP contribution in [-0.2, 0) is 6.54 Å². The summed E-state index contributed by atoms with van der Waals surface area (Å²) in [5.74, 6) is 0.295. The van der Waals surface area contributed by atoms with Crippen LogP contribution in [0.4, 0.5) is 11.5 Å². The molecule has 0 atom stereocenters. The standard InChI is InChI=1S/C8H11N5S/c1-2-12-3-4-13-7(12)5(9)6(10)11-8(13)14/h3-4H,2,9H2,1H3,(H2,10,11,14). The predicted octanol–water partition coefficient (Wildman–Crippen LogP) is 1.05. The minimum atomic E-state index is 0.295. The molecule has 0 spiro atoms. The number of nitrogen functional groups attached to an aromatic ring is 2. The molecule has 0 unspecified atom stereocenters. The first-order valence-electron chi connectivity index (χ1n) is 4.27. The highest BCUT2D eigenvalue weighted by atomic mass is 32.1. The summed E-state index contributed by atoms with van der Waals surface area (Å²) >= 11 is 5.07. The average molecular weight is 209 g/mol. The second-order valence-electron chi connectivity index (χ2n) is 2.97. The molecular weight excluding hydrogens is 198 g/mol. The number of hydrogen-bond donors (Lipinski definition) is 2. The predicted molar refractivity (Wildman–Crippen MR) is 58.5 cm³/mol. The molecule has 74 valence electrons. The molecule has 6 heteroatoms. The molecule has 0 saturated heterocycles. The van der Waals surface area contributed by atoms with Gasteiger partial charge in [-0.2, -0.15) is 0 Å². The second-order valence-corrected chi connectivity index (χ2v) is 3.34. The van der Waals surface area contributed by atoms with Gasteiger partial charge >= 0.3 is 0 Å². The number of aromatic nitrogens is 3. The maximum absolute atomic E-state index is 5.83. The number of nitrogens with two attached hydrogens (primary N) is 2. The van der Waals surface area contributed by atoms with Gasteiger partial charge in [-0.05, 0) is 19.1 Å². The lowest BCUT2D eigenvalue weighted by Gasteiger charge is -2.05. The van der Waals surface area contributed by atoms with Gasteiger partial charge in [0.1, 0.15) is 11.3 Å². The van der Waals surface area contributed by atoms with Gasteiger partial charge in [0.2, 0.25) is 4.77 Å². The Labute approximate surface area is 86.0 Å². The van der Waals surface area contributed by atoms with Crippen LogP contribution in [0.3, 0.4) is 0 Å². The number of rotatable bonds is 1. The van der Waals surface area contributed by atoms with E-state index in [1.54, 1.807) is 4.40 Å². The third-order valence-electron chi connectivity index (χ3n) is 2.18. The molecular formula is C8H11N5S.